The van der Waals surface area contributed by atoms with Crippen LogP contribution < -0.4 is 5.73 Å². The SMILES string of the molecule is C[C@H](N=S=O)c1ccccc1C(=N)N. The lowest BCUT2D eigenvalue weighted by Crippen LogP contribution is -2.14. The molecule has 4 nitrogen and oxygen atoms in total. The summed E-state index contributed by atoms with van der Waals surface area (Å²) < 4.78 is 14.0. The van der Waals surface area contributed by atoms with Gasteiger partial charge in [-0.25, -0.2) is 0 Å². The summed E-state index contributed by atoms with van der Waals surface area (Å²) in [6.45, 7) is 1.80. The first-order chi connectivity index (χ1) is 6.66. The van der Waals surface area contributed by atoms with Gasteiger partial charge in [0.1, 0.15) is 5.84 Å². The molecular weight excluding hydrogens is 198 g/mol. The molecule has 0 bridgehead atoms. The van der Waals surface area contributed by atoms with Crippen molar-refractivity contribution in [2.75, 3.05) is 0 Å². The van der Waals surface area contributed by atoms with Crippen LogP contribution in [-0.4, -0.2) is 10.0 Å². The Morgan fingerprint density at radius 3 is 2.79 bits per heavy atom. The third kappa shape index (κ3) is 2.26. The molecule has 0 aromatic heterocycles. The van der Waals surface area contributed by atoms with Crippen LogP contribution in [0.15, 0.2) is 28.6 Å². The molecule has 0 radical (unpaired) electrons. The molecule has 0 aliphatic heterocycles. The van der Waals surface area contributed by atoms with Gasteiger partial charge in [-0.1, -0.05) is 24.3 Å². The molecule has 1 rings (SSSR count). The van der Waals surface area contributed by atoms with Gasteiger partial charge in [0.2, 0.25) is 0 Å². The third-order valence-electron chi connectivity index (χ3n) is 1.90. The quantitative estimate of drug-likeness (QED) is 0.583. The molecule has 0 saturated heterocycles. The third-order valence-corrected chi connectivity index (χ3v) is 2.30. The summed E-state index contributed by atoms with van der Waals surface area (Å²) >= 11 is 0.189. The first-order valence-corrected chi connectivity index (χ1v) is 4.79. The van der Waals surface area contributed by atoms with E-state index in [2.05, 4.69) is 4.36 Å². The van der Waals surface area contributed by atoms with Crippen LogP contribution >= 0.6 is 0 Å². The average Bonchev–Trinajstić information content (AvgIpc) is 2.18. The van der Waals surface area contributed by atoms with Gasteiger partial charge in [0.15, 0.2) is 11.5 Å². The second kappa shape index (κ2) is 4.66. The Balaban J connectivity index is 3.19. The standard InChI is InChI=1S/C9H11N3OS/c1-6(12-14-13)7-4-2-3-5-8(7)9(10)11/h2-6H,1H3,(H3,10,11)/t6-/m0/s1. The van der Waals surface area contributed by atoms with Crippen LogP contribution in [0.1, 0.15) is 24.1 Å². The maximum absolute atomic E-state index is 10.3. The van der Waals surface area contributed by atoms with Crippen molar-refractivity contribution in [1.29, 1.82) is 5.41 Å². The van der Waals surface area contributed by atoms with Crippen LogP contribution in [0.2, 0.25) is 0 Å². The molecule has 0 aliphatic carbocycles. The van der Waals surface area contributed by atoms with E-state index in [4.69, 9.17) is 11.1 Å². The fourth-order valence-corrected chi connectivity index (χ4v) is 1.47. The van der Waals surface area contributed by atoms with E-state index in [1.807, 2.05) is 12.1 Å². The summed E-state index contributed by atoms with van der Waals surface area (Å²) in [5.41, 5.74) is 6.85. The number of nitrogens with zero attached hydrogens (tertiary/aromatic N) is 1. The molecule has 0 fully saturated rings. The molecule has 1 atom stereocenters. The smallest absolute Gasteiger partial charge is 0.200 e. The van der Waals surface area contributed by atoms with E-state index >= 15 is 0 Å². The molecule has 0 heterocycles. The van der Waals surface area contributed by atoms with Crippen LogP contribution in [0.25, 0.3) is 0 Å². The molecule has 0 unspecified atom stereocenters. The second-order valence-corrected chi connectivity index (χ2v) is 3.22. The van der Waals surface area contributed by atoms with Gasteiger partial charge < -0.3 is 5.73 Å². The van der Waals surface area contributed by atoms with Crippen molar-refractivity contribution >= 4 is 17.3 Å². The van der Waals surface area contributed by atoms with E-state index in [1.54, 1.807) is 19.1 Å². The molecule has 0 amide bonds. The number of nitrogens with one attached hydrogen (secondary N) is 1. The lowest BCUT2D eigenvalue weighted by molar-refractivity contribution is 0.692. The molecule has 0 spiro atoms. The van der Waals surface area contributed by atoms with Crippen LogP contribution in [0, 0.1) is 5.41 Å². The molecule has 74 valence electrons. The average molecular weight is 209 g/mol. The van der Waals surface area contributed by atoms with Crippen LogP contribution in [0.5, 0.6) is 0 Å². The second-order valence-electron chi connectivity index (χ2n) is 2.86. The van der Waals surface area contributed by atoms with E-state index in [0.29, 0.717) is 5.56 Å². The predicted molar refractivity (Wildman–Crippen MR) is 56.4 cm³/mol. The zero-order valence-electron chi connectivity index (χ0n) is 7.73. The Morgan fingerprint density at radius 1 is 1.57 bits per heavy atom. The largest absolute Gasteiger partial charge is 0.384 e. The highest BCUT2D eigenvalue weighted by atomic mass is 32.1. The Morgan fingerprint density at radius 2 is 2.21 bits per heavy atom. The maximum Gasteiger partial charge on any atom is 0.200 e. The van der Waals surface area contributed by atoms with Crippen LogP contribution in [0.4, 0.5) is 0 Å². The lowest BCUT2D eigenvalue weighted by Gasteiger charge is -2.09. The molecule has 3 N–H and O–H groups in total. The fourth-order valence-electron chi connectivity index (χ4n) is 1.23. The van der Waals surface area contributed by atoms with Crippen LogP contribution in [0.3, 0.4) is 0 Å². The van der Waals surface area contributed by atoms with Gasteiger partial charge in [-0.15, -0.1) is 0 Å². The number of hydrogen-bond donors (Lipinski definition) is 2. The summed E-state index contributed by atoms with van der Waals surface area (Å²) in [6, 6.07) is 6.97. The van der Waals surface area contributed by atoms with E-state index in [9.17, 15) is 4.21 Å². The molecule has 14 heavy (non-hydrogen) atoms. The zero-order valence-corrected chi connectivity index (χ0v) is 8.54. The highest BCUT2D eigenvalue weighted by Gasteiger charge is 2.10. The van der Waals surface area contributed by atoms with E-state index in [1.165, 1.54) is 0 Å². The van der Waals surface area contributed by atoms with Crippen molar-refractivity contribution in [3.63, 3.8) is 0 Å². The van der Waals surface area contributed by atoms with Crippen molar-refractivity contribution < 1.29 is 4.21 Å². The summed E-state index contributed by atoms with van der Waals surface area (Å²) in [4.78, 5) is 0. The number of nitrogen functional groups attached to an aromatic ring is 1. The number of benzene rings is 1. The number of amidine groups is 1. The van der Waals surface area contributed by atoms with Gasteiger partial charge in [-0.05, 0) is 12.5 Å². The van der Waals surface area contributed by atoms with Crippen molar-refractivity contribution in [2.45, 2.75) is 13.0 Å². The van der Waals surface area contributed by atoms with Crippen molar-refractivity contribution in [2.24, 2.45) is 10.1 Å². The van der Waals surface area contributed by atoms with E-state index < -0.39 is 0 Å². The predicted octanol–water partition coefficient (Wildman–Crippen LogP) is 1.43. The summed E-state index contributed by atoms with van der Waals surface area (Å²) in [5, 5.41) is 7.35. The minimum atomic E-state index is -0.238. The van der Waals surface area contributed by atoms with Crippen LogP contribution in [-0.2, 0) is 11.5 Å². The number of hydrogen-bond acceptors (Lipinski definition) is 3. The van der Waals surface area contributed by atoms with Gasteiger partial charge in [0, 0.05) is 5.56 Å². The van der Waals surface area contributed by atoms with E-state index in [0.717, 1.165) is 5.56 Å². The van der Waals surface area contributed by atoms with Gasteiger partial charge in [0.25, 0.3) is 0 Å². The monoisotopic (exact) mass is 209 g/mol. The van der Waals surface area contributed by atoms with Crippen molar-refractivity contribution in [1.82, 2.24) is 0 Å². The molecule has 0 aliphatic rings. The topological polar surface area (TPSA) is 79.3 Å². The van der Waals surface area contributed by atoms with Crippen molar-refractivity contribution in [3.05, 3.63) is 35.4 Å². The Kier molecular flexibility index (Phi) is 3.53. The minimum absolute atomic E-state index is 0.00134. The molecular formula is C9H11N3OS. The highest BCUT2D eigenvalue weighted by Crippen LogP contribution is 2.20. The Bertz CT molecular complexity index is 399. The molecule has 5 heteroatoms. The lowest BCUT2D eigenvalue weighted by atomic mass is 10.0. The first-order valence-electron chi connectivity index (χ1n) is 4.09. The van der Waals surface area contributed by atoms with Gasteiger partial charge in [-0.2, -0.15) is 8.57 Å². The molecule has 0 saturated carbocycles. The Hall–Kier alpha value is -1.49. The Labute approximate surface area is 85.9 Å². The minimum Gasteiger partial charge on any atom is -0.384 e. The molecule has 1 aromatic rings. The van der Waals surface area contributed by atoms with E-state index in [-0.39, 0.29) is 23.3 Å². The number of nitrogens with two attached hydrogens (primary N) is 1. The van der Waals surface area contributed by atoms with Gasteiger partial charge in [0.05, 0.1) is 6.04 Å². The maximum atomic E-state index is 10.3. The highest BCUT2D eigenvalue weighted by molar-refractivity contribution is 7.54. The zero-order chi connectivity index (χ0) is 10.6. The van der Waals surface area contributed by atoms with Crippen molar-refractivity contribution in [3.8, 4) is 0 Å². The van der Waals surface area contributed by atoms with Gasteiger partial charge in [-0.3, -0.25) is 5.41 Å². The summed E-state index contributed by atoms with van der Waals surface area (Å²) in [5.74, 6) is -0.00134. The fraction of sp³-hybridized carbons (Fsp3) is 0.222. The normalized spacial score (nSPS) is 11.8. The van der Waals surface area contributed by atoms with Gasteiger partial charge >= 0.3 is 0 Å². The number of rotatable bonds is 3. The summed E-state index contributed by atoms with van der Waals surface area (Å²) in [6.07, 6.45) is 0. The molecule has 1 aromatic carbocycles. The summed E-state index contributed by atoms with van der Waals surface area (Å²) in [7, 11) is 0. The first kappa shape index (κ1) is 10.6.